The number of urea groups is 1. The number of benzene rings is 3. The van der Waals surface area contributed by atoms with E-state index >= 15 is 0 Å². The lowest BCUT2D eigenvalue weighted by atomic mass is 10.0. The van der Waals surface area contributed by atoms with Crippen LogP contribution in [0.5, 0.6) is 0 Å². The molecule has 0 saturated carbocycles. The Kier molecular flexibility index (Phi) is 8.81. The minimum atomic E-state index is -1.18. The molecule has 0 aliphatic carbocycles. The van der Waals surface area contributed by atoms with E-state index in [0.29, 0.717) is 22.6 Å². The highest BCUT2D eigenvalue weighted by atomic mass is 16.5. The molecular weight excluding hydrogens is 524 g/mol. The first-order valence-corrected chi connectivity index (χ1v) is 13.2. The van der Waals surface area contributed by atoms with Gasteiger partial charge < -0.3 is 25.2 Å². The number of Topliss-reactive ketones (excluding diaryl/α,β-unsaturated/α-hetero) is 1. The molecule has 0 saturated heterocycles. The Balaban J connectivity index is 1.64. The highest BCUT2D eigenvalue weighted by Gasteiger charge is 2.37. The predicted octanol–water partition coefficient (Wildman–Crippen LogP) is 4.25. The van der Waals surface area contributed by atoms with E-state index < -0.39 is 23.9 Å². The summed E-state index contributed by atoms with van der Waals surface area (Å²) in [7, 11) is 0. The summed E-state index contributed by atoms with van der Waals surface area (Å²) in [4.78, 5) is 68.0. The summed E-state index contributed by atoms with van der Waals surface area (Å²) in [6.07, 6.45) is 0. The number of hydrogen-bond acceptors (Lipinski definition) is 6. The maximum absolute atomic E-state index is 14.0. The lowest BCUT2D eigenvalue weighted by Gasteiger charge is -2.25. The number of nitrogens with one attached hydrogen (secondary N) is 2. The Hall–Kier alpha value is -4.99. The van der Waals surface area contributed by atoms with Crippen LogP contribution in [0.3, 0.4) is 0 Å². The smallest absolute Gasteiger partial charge is 0.338 e. The van der Waals surface area contributed by atoms with E-state index in [1.54, 1.807) is 49.4 Å². The van der Waals surface area contributed by atoms with Gasteiger partial charge >= 0.3 is 12.0 Å². The number of anilines is 3. The van der Waals surface area contributed by atoms with E-state index in [1.165, 1.54) is 22.8 Å². The van der Waals surface area contributed by atoms with Gasteiger partial charge in [-0.15, -0.1) is 0 Å². The molecule has 2 N–H and O–H groups in total. The number of carbonyl (C=O) groups excluding carboxylic acids is 5. The Morgan fingerprint density at radius 1 is 0.951 bits per heavy atom. The molecule has 10 nitrogen and oxygen atoms in total. The number of ether oxygens (including phenoxy) is 1. The highest BCUT2D eigenvalue weighted by Crippen LogP contribution is 2.34. The van der Waals surface area contributed by atoms with Crippen molar-refractivity contribution in [1.82, 2.24) is 5.32 Å². The lowest BCUT2D eigenvalue weighted by Crippen LogP contribution is -2.54. The number of esters is 1. The van der Waals surface area contributed by atoms with Crippen LogP contribution in [0.15, 0.2) is 66.7 Å². The second-order valence-corrected chi connectivity index (χ2v) is 9.74. The molecule has 1 atom stereocenters. The van der Waals surface area contributed by atoms with E-state index in [2.05, 4.69) is 10.6 Å². The molecule has 0 bridgehead atoms. The van der Waals surface area contributed by atoms with Gasteiger partial charge in [-0.1, -0.05) is 36.4 Å². The predicted molar refractivity (Wildman–Crippen MR) is 155 cm³/mol. The Labute approximate surface area is 238 Å². The second kappa shape index (κ2) is 12.5. The molecule has 3 aromatic rings. The van der Waals surface area contributed by atoms with E-state index in [0.717, 1.165) is 11.1 Å². The van der Waals surface area contributed by atoms with E-state index in [-0.39, 0.29) is 37.0 Å². The van der Waals surface area contributed by atoms with Crippen LogP contribution in [0, 0.1) is 13.8 Å². The fraction of sp³-hybridized carbons (Fsp3) is 0.258. The molecule has 1 unspecified atom stereocenters. The number of hydrogen-bond donors (Lipinski definition) is 2. The molecule has 0 radical (unpaired) electrons. The number of aryl methyl sites for hydroxylation is 2. The van der Waals surface area contributed by atoms with E-state index in [1.807, 2.05) is 32.0 Å². The third-order valence-electron chi connectivity index (χ3n) is 6.71. The zero-order valence-corrected chi connectivity index (χ0v) is 23.4. The molecule has 212 valence electrons. The number of ketones is 1. The van der Waals surface area contributed by atoms with Crippen molar-refractivity contribution in [1.29, 1.82) is 0 Å². The molecule has 1 aliphatic rings. The van der Waals surface area contributed by atoms with Crippen molar-refractivity contribution in [2.75, 3.05) is 34.8 Å². The summed E-state index contributed by atoms with van der Waals surface area (Å²) in [6.45, 7) is 6.52. The quantitative estimate of drug-likeness (QED) is 0.331. The van der Waals surface area contributed by atoms with Gasteiger partial charge in [0, 0.05) is 18.2 Å². The van der Waals surface area contributed by atoms with Crippen molar-refractivity contribution in [3.8, 4) is 0 Å². The molecule has 0 aromatic heterocycles. The molecule has 4 rings (SSSR count). The first kappa shape index (κ1) is 29.0. The molecule has 1 aliphatic heterocycles. The topological polar surface area (TPSA) is 125 Å². The Morgan fingerprint density at radius 3 is 2.41 bits per heavy atom. The van der Waals surface area contributed by atoms with Crippen molar-refractivity contribution < 1.29 is 28.7 Å². The van der Waals surface area contributed by atoms with Gasteiger partial charge in [0.05, 0.1) is 36.6 Å². The molecular formula is C31H32N4O6. The van der Waals surface area contributed by atoms with Gasteiger partial charge in [0.25, 0.3) is 5.91 Å². The van der Waals surface area contributed by atoms with Crippen LogP contribution in [-0.4, -0.2) is 55.3 Å². The van der Waals surface area contributed by atoms with Gasteiger partial charge in [0.1, 0.15) is 6.04 Å². The van der Waals surface area contributed by atoms with Crippen LogP contribution in [-0.2, 0) is 14.3 Å². The normalized spacial score (nSPS) is 14.5. The van der Waals surface area contributed by atoms with Crippen LogP contribution in [0.25, 0.3) is 0 Å². The van der Waals surface area contributed by atoms with Gasteiger partial charge in [-0.05, 0) is 62.2 Å². The summed E-state index contributed by atoms with van der Waals surface area (Å²) in [5.41, 5.74) is 3.51. The van der Waals surface area contributed by atoms with Crippen LogP contribution in [0.1, 0.15) is 45.7 Å². The average Bonchev–Trinajstić information content (AvgIpc) is 3.04. The van der Waals surface area contributed by atoms with Gasteiger partial charge in [-0.3, -0.25) is 14.4 Å². The lowest BCUT2D eigenvalue weighted by molar-refractivity contribution is -0.120. The largest absolute Gasteiger partial charge is 0.462 e. The standard InChI is InChI=1S/C31H32N4O6/c1-5-41-30(39)22-10-8-11-23(16-22)32-31(40)33-25-17-34(21(4)36)26-14-13-19(2)15-27(26)35(29(25)38)18-28(37)24-12-7-6-9-20(24)3/h6-16,25H,5,17-18H2,1-4H3,(H2,32,33,40). The number of fused-ring (bicyclic) bond motifs is 1. The summed E-state index contributed by atoms with van der Waals surface area (Å²) in [6, 6.07) is 16.7. The number of carbonyl (C=O) groups is 5. The number of amides is 4. The third kappa shape index (κ3) is 6.60. The van der Waals surface area contributed by atoms with Crippen LogP contribution < -0.4 is 20.4 Å². The maximum Gasteiger partial charge on any atom is 0.338 e. The number of rotatable bonds is 7. The average molecular weight is 557 g/mol. The zero-order valence-electron chi connectivity index (χ0n) is 23.4. The Bertz CT molecular complexity index is 1520. The van der Waals surface area contributed by atoms with Crippen molar-refractivity contribution >= 4 is 46.7 Å². The fourth-order valence-corrected chi connectivity index (χ4v) is 4.69. The Morgan fingerprint density at radius 2 is 1.71 bits per heavy atom. The van der Waals surface area contributed by atoms with Crippen molar-refractivity contribution in [2.45, 2.75) is 33.7 Å². The first-order valence-electron chi connectivity index (χ1n) is 13.2. The minimum Gasteiger partial charge on any atom is -0.462 e. The minimum absolute atomic E-state index is 0.143. The maximum atomic E-state index is 14.0. The molecule has 1 heterocycles. The molecule has 41 heavy (non-hydrogen) atoms. The van der Waals surface area contributed by atoms with Gasteiger partial charge in [-0.2, -0.15) is 0 Å². The highest BCUT2D eigenvalue weighted by molar-refractivity contribution is 6.12. The molecule has 10 heteroatoms. The molecule has 3 aromatic carbocycles. The number of nitrogens with zero attached hydrogens (tertiary/aromatic N) is 2. The van der Waals surface area contributed by atoms with Crippen LogP contribution >= 0.6 is 0 Å². The molecule has 0 spiro atoms. The second-order valence-electron chi connectivity index (χ2n) is 9.74. The fourth-order valence-electron chi connectivity index (χ4n) is 4.69. The zero-order chi connectivity index (χ0) is 29.7. The van der Waals surface area contributed by atoms with Gasteiger partial charge in [0.15, 0.2) is 5.78 Å². The van der Waals surface area contributed by atoms with Gasteiger partial charge in [-0.25, -0.2) is 9.59 Å². The van der Waals surface area contributed by atoms with Crippen LogP contribution in [0.2, 0.25) is 0 Å². The third-order valence-corrected chi connectivity index (χ3v) is 6.71. The van der Waals surface area contributed by atoms with E-state index in [9.17, 15) is 24.0 Å². The summed E-state index contributed by atoms with van der Waals surface area (Å²) >= 11 is 0. The molecule has 4 amide bonds. The molecule has 0 fully saturated rings. The summed E-state index contributed by atoms with van der Waals surface area (Å²) < 4.78 is 5.01. The van der Waals surface area contributed by atoms with Crippen molar-refractivity contribution in [3.05, 3.63) is 89.0 Å². The monoisotopic (exact) mass is 556 g/mol. The summed E-state index contributed by atoms with van der Waals surface area (Å²) in [5, 5.41) is 5.29. The van der Waals surface area contributed by atoms with E-state index in [4.69, 9.17) is 4.74 Å². The SMILES string of the molecule is CCOC(=O)c1cccc(NC(=O)NC2CN(C(C)=O)c3ccc(C)cc3N(CC(=O)c3ccccc3C)C2=O)c1. The summed E-state index contributed by atoms with van der Waals surface area (Å²) in [5.74, 6) is -1.68. The van der Waals surface area contributed by atoms with Crippen molar-refractivity contribution in [3.63, 3.8) is 0 Å². The van der Waals surface area contributed by atoms with Crippen molar-refractivity contribution in [2.24, 2.45) is 0 Å². The van der Waals surface area contributed by atoms with Gasteiger partial charge in [0.2, 0.25) is 5.91 Å². The van der Waals surface area contributed by atoms with Crippen LogP contribution in [0.4, 0.5) is 21.9 Å². The first-order chi connectivity index (χ1) is 19.6.